The normalized spacial score (nSPS) is 10.4. The molecule has 0 aliphatic carbocycles. The Kier molecular flexibility index (Phi) is 3.47. The summed E-state index contributed by atoms with van der Waals surface area (Å²) in [5, 5.41) is 0. The van der Waals surface area contributed by atoms with Crippen LogP contribution in [-0.4, -0.2) is 10.8 Å². The SMILES string of the molecule is O=C(c1cncc(F)c1)c1c(F)ccc(Br)c1F. The van der Waals surface area contributed by atoms with Gasteiger partial charge in [-0.25, -0.2) is 13.2 Å². The monoisotopic (exact) mass is 315 g/mol. The summed E-state index contributed by atoms with van der Waals surface area (Å²) in [6.07, 6.45) is 1.94. The molecule has 1 aromatic carbocycles. The van der Waals surface area contributed by atoms with Crippen molar-refractivity contribution in [2.24, 2.45) is 0 Å². The molecule has 2 rings (SSSR count). The highest BCUT2D eigenvalue weighted by atomic mass is 79.9. The summed E-state index contributed by atoms with van der Waals surface area (Å²) >= 11 is 2.85. The highest BCUT2D eigenvalue weighted by Crippen LogP contribution is 2.23. The van der Waals surface area contributed by atoms with Crippen LogP contribution in [0, 0.1) is 17.5 Å². The minimum absolute atomic E-state index is 0.0448. The Hall–Kier alpha value is -1.69. The average Bonchev–Trinajstić information content (AvgIpc) is 2.34. The number of aromatic nitrogens is 1. The van der Waals surface area contributed by atoms with Crippen LogP contribution in [0.2, 0.25) is 0 Å². The average molecular weight is 316 g/mol. The molecule has 0 atom stereocenters. The van der Waals surface area contributed by atoms with Gasteiger partial charge in [0.15, 0.2) is 5.82 Å². The maximum atomic E-state index is 13.7. The topological polar surface area (TPSA) is 30.0 Å². The molecule has 92 valence electrons. The first kappa shape index (κ1) is 12.8. The molecule has 0 saturated heterocycles. The number of carbonyl (C=O) groups is 1. The van der Waals surface area contributed by atoms with Gasteiger partial charge in [0.1, 0.15) is 11.6 Å². The van der Waals surface area contributed by atoms with E-state index in [9.17, 15) is 18.0 Å². The van der Waals surface area contributed by atoms with Gasteiger partial charge in [-0.3, -0.25) is 9.78 Å². The Bertz CT molecular complexity index is 631. The van der Waals surface area contributed by atoms with Crippen LogP contribution in [0.15, 0.2) is 35.1 Å². The van der Waals surface area contributed by atoms with Crippen molar-refractivity contribution in [2.75, 3.05) is 0 Å². The second kappa shape index (κ2) is 4.89. The van der Waals surface area contributed by atoms with Crippen molar-refractivity contribution in [1.82, 2.24) is 4.98 Å². The molecule has 2 nitrogen and oxygen atoms in total. The lowest BCUT2D eigenvalue weighted by atomic mass is 10.0. The van der Waals surface area contributed by atoms with Crippen LogP contribution in [0.5, 0.6) is 0 Å². The zero-order valence-electron chi connectivity index (χ0n) is 8.75. The Morgan fingerprint density at radius 3 is 2.56 bits per heavy atom. The fourth-order valence-electron chi connectivity index (χ4n) is 1.42. The first-order chi connectivity index (χ1) is 8.50. The fourth-order valence-corrected chi connectivity index (χ4v) is 1.75. The molecule has 0 amide bonds. The van der Waals surface area contributed by atoms with Crippen LogP contribution in [-0.2, 0) is 0 Å². The van der Waals surface area contributed by atoms with Gasteiger partial charge in [-0.2, -0.15) is 0 Å². The van der Waals surface area contributed by atoms with Crippen molar-refractivity contribution in [3.05, 3.63) is 63.6 Å². The molecular formula is C12H5BrF3NO. The van der Waals surface area contributed by atoms with E-state index in [0.29, 0.717) is 0 Å². The van der Waals surface area contributed by atoms with Crippen molar-refractivity contribution < 1.29 is 18.0 Å². The van der Waals surface area contributed by atoms with E-state index < -0.39 is 28.8 Å². The molecule has 0 spiro atoms. The molecule has 0 aliphatic rings. The van der Waals surface area contributed by atoms with Gasteiger partial charge in [0.2, 0.25) is 5.78 Å². The van der Waals surface area contributed by atoms with Crippen LogP contribution in [0.1, 0.15) is 15.9 Å². The number of hydrogen-bond acceptors (Lipinski definition) is 2. The summed E-state index contributed by atoms with van der Waals surface area (Å²) in [6, 6.07) is 2.97. The molecule has 1 heterocycles. The summed E-state index contributed by atoms with van der Waals surface area (Å²) in [7, 11) is 0. The number of rotatable bonds is 2. The maximum Gasteiger partial charge on any atom is 0.200 e. The molecular weight excluding hydrogens is 311 g/mol. The van der Waals surface area contributed by atoms with E-state index in [1.165, 1.54) is 0 Å². The van der Waals surface area contributed by atoms with E-state index in [1.807, 2.05) is 0 Å². The van der Waals surface area contributed by atoms with E-state index >= 15 is 0 Å². The lowest BCUT2D eigenvalue weighted by Gasteiger charge is -2.05. The Morgan fingerprint density at radius 2 is 1.89 bits per heavy atom. The van der Waals surface area contributed by atoms with E-state index in [0.717, 1.165) is 30.6 Å². The molecule has 18 heavy (non-hydrogen) atoms. The fraction of sp³-hybridized carbons (Fsp3) is 0. The molecule has 2 aromatic rings. The van der Waals surface area contributed by atoms with Gasteiger partial charge in [0.05, 0.1) is 16.2 Å². The molecule has 0 radical (unpaired) electrons. The third-order valence-electron chi connectivity index (χ3n) is 2.24. The summed E-state index contributed by atoms with van der Waals surface area (Å²) < 4.78 is 40.0. The van der Waals surface area contributed by atoms with Crippen molar-refractivity contribution in [3.63, 3.8) is 0 Å². The highest BCUT2D eigenvalue weighted by Gasteiger charge is 2.21. The predicted molar refractivity (Wildman–Crippen MR) is 61.7 cm³/mol. The van der Waals surface area contributed by atoms with Crippen molar-refractivity contribution in [3.8, 4) is 0 Å². The van der Waals surface area contributed by atoms with Crippen LogP contribution in [0.25, 0.3) is 0 Å². The van der Waals surface area contributed by atoms with Crippen LogP contribution < -0.4 is 0 Å². The molecule has 6 heteroatoms. The Labute approximate surface area is 109 Å². The zero-order valence-corrected chi connectivity index (χ0v) is 10.3. The minimum Gasteiger partial charge on any atom is -0.288 e. The standard InChI is InChI=1S/C12H5BrF3NO/c13-8-1-2-9(15)10(11(8)16)12(18)6-3-7(14)5-17-4-6/h1-5H. The van der Waals surface area contributed by atoms with Gasteiger partial charge >= 0.3 is 0 Å². The second-order valence-electron chi connectivity index (χ2n) is 3.44. The van der Waals surface area contributed by atoms with Gasteiger partial charge < -0.3 is 0 Å². The number of nitrogens with zero attached hydrogens (tertiary/aromatic N) is 1. The number of ketones is 1. The molecule has 0 fully saturated rings. The number of carbonyl (C=O) groups excluding carboxylic acids is 1. The van der Waals surface area contributed by atoms with E-state index in [2.05, 4.69) is 20.9 Å². The van der Waals surface area contributed by atoms with Crippen LogP contribution >= 0.6 is 15.9 Å². The molecule has 0 aliphatic heterocycles. The van der Waals surface area contributed by atoms with Gasteiger partial charge in [-0.15, -0.1) is 0 Å². The zero-order chi connectivity index (χ0) is 13.3. The summed E-state index contributed by atoms with van der Waals surface area (Å²) in [5.41, 5.74) is -0.956. The lowest BCUT2D eigenvalue weighted by molar-refractivity contribution is 0.103. The predicted octanol–water partition coefficient (Wildman–Crippen LogP) is 3.49. The number of benzene rings is 1. The third kappa shape index (κ3) is 2.28. The second-order valence-corrected chi connectivity index (χ2v) is 4.29. The molecule has 0 N–H and O–H groups in total. The van der Waals surface area contributed by atoms with E-state index in [1.54, 1.807) is 0 Å². The highest BCUT2D eigenvalue weighted by molar-refractivity contribution is 9.10. The number of pyridine rings is 1. The van der Waals surface area contributed by atoms with E-state index in [4.69, 9.17) is 0 Å². The van der Waals surface area contributed by atoms with Gasteiger partial charge in [0, 0.05) is 11.8 Å². The van der Waals surface area contributed by atoms with E-state index in [-0.39, 0.29) is 10.0 Å². The van der Waals surface area contributed by atoms with Crippen molar-refractivity contribution >= 4 is 21.7 Å². The number of halogens is 4. The van der Waals surface area contributed by atoms with Crippen LogP contribution in [0.4, 0.5) is 13.2 Å². The van der Waals surface area contributed by atoms with Crippen LogP contribution in [0.3, 0.4) is 0 Å². The molecule has 1 aromatic heterocycles. The first-order valence-corrected chi connectivity index (χ1v) is 5.58. The Balaban J connectivity index is 2.56. The first-order valence-electron chi connectivity index (χ1n) is 4.79. The summed E-state index contributed by atoms with van der Waals surface area (Å²) in [5.74, 6) is -3.75. The largest absolute Gasteiger partial charge is 0.288 e. The van der Waals surface area contributed by atoms with Gasteiger partial charge in [-0.05, 0) is 34.1 Å². The Morgan fingerprint density at radius 1 is 1.17 bits per heavy atom. The van der Waals surface area contributed by atoms with Crippen molar-refractivity contribution in [1.29, 1.82) is 0 Å². The molecule has 0 unspecified atom stereocenters. The summed E-state index contributed by atoms with van der Waals surface area (Å²) in [4.78, 5) is 15.3. The van der Waals surface area contributed by atoms with Gasteiger partial charge in [-0.1, -0.05) is 0 Å². The quantitative estimate of drug-likeness (QED) is 0.627. The molecule has 0 saturated carbocycles. The van der Waals surface area contributed by atoms with Crippen molar-refractivity contribution in [2.45, 2.75) is 0 Å². The lowest BCUT2D eigenvalue weighted by Crippen LogP contribution is -2.08. The van der Waals surface area contributed by atoms with Gasteiger partial charge in [0.25, 0.3) is 0 Å². The number of hydrogen-bond donors (Lipinski definition) is 0. The smallest absolute Gasteiger partial charge is 0.200 e. The molecule has 0 bridgehead atoms. The minimum atomic E-state index is -1.02. The third-order valence-corrected chi connectivity index (χ3v) is 2.85. The maximum absolute atomic E-state index is 13.7. The summed E-state index contributed by atoms with van der Waals surface area (Å²) in [6.45, 7) is 0.